The maximum Gasteiger partial charge on any atom is 0.264 e. The molecule has 2 aliphatic heterocycles. The molecule has 0 saturated carbocycles. The van der Waals surface area contributed by atoms with Crippen LogP contribution in [0.15, 0.2) is 24.3 Å². The van der Waals surface area contributed by atoms with Gasteiger partial charge in [-0.25, -0.2) is 0 Å². The van der Waals surface area contributed by atoms with Crippen LogP contribution in [0.5, 0.6) is 5.75 Å². The van der Waals surface area contributed by atoms with Crippen molar-refractivity contribution in [2.24, 2.45) is 0 Å². The van der Waals surface area contributed by atoms with Crippen LogP contribution in [0.2, 0.25) is 0 Å². The first-order chi connectivity index (χ1) is 9.00. The van der Waals surface area contributed by atoms with E-state index < -0.39 is 29.9 Å². The maximum atomic E-state index is 12.1. The molecule has 6 heteroatoms. The van der Waals surface area contributed by atoms with Gasteiger partial charge in [0.15, 0.2) is 11.9 Å². The predicted octanol–water partition coefficient (Wildman–Crippen LogP) is -0.121. The van der Waals surface area contributed by atoms with Crippen molar-refractivity contribution in [1.82, 2.24) is 0 Å². The largest absolute Gasteiger partial charge is 0.497 e. The second kappa shape index (κ2) is 3.93. The highest BCUT2D eigenvalue weighted by atomic mass is 16.6. The molecule has 0 spiro atoms. The van der Waals surface area contributed by atoms with Gasteiger partial charge >= 0.3 is 0 Å². The molecule has 1 aromatic carbocycles. The lowest BCUT2D eigenvalue weighted by atomic mass is 9.79. The minimum atomic E-state index is -1.63. The molecule has 0 bridgehead atoms. The maximum absolute atomic E-state index is 12.1. The summed E-state index contributed by atoms with van der Waals surface area (Å²) in [4.78, 5) is 13.5. The highest BCUT2D eigenvalue weighted by molar-refractivity contribution is 6.09. The lowest BCUT2D eigenvalue weighted by Gasteiger charge is -2.49. The molecule has 19 heavy (non-hydrogen) atoms. The smallest absolute Gasteiger partial charge is 0.264 e. The van der Waals surface area contributed by atoms with E-state index in [1.54, 1.807) is 38.3 Å². The fourth-order valence-electron chi connectivity index (χ4n) is 2.74. The van der Waals surface area contributed by atoms with Crippen molar-refractivity contribution in [3.8, 4) is 5.75 Å². The van der Waals surface area contributed by atoms with E-state index in [0.717, 1.165) is 0 Å². The first-order valence-electron chi connectivity index (χ1n) is 6.03. The lowest BCUT2D eigenvalue weighted by molar-refractivity contribution is -0.154. The molecule has 102 valence electrons. The van der Waals surface area contributed by atoms with E-state index in [-0.39, 0.29) is 0 Å². The molecule has 2 saturated heterocycles. The van der Waals surface area contributed by atoms with Crippen molar-refractivity contribution in [3.63, 3.8) is 0 Å². The van der Waals surface area contributed by atoms with E-state index in [2.05, 4.69) is 0 Å². The number of amides is 1. The van der Waals surface area contributed by atoms with Crippen LogP contribution in [0.1, 0.15) is 6.92 Å². The SMILES string of the molecule is COc1ccc(N2C(=O)[C@@]3(O)[C@@H](C)O[C@H](O)[C@@H]23)cc1. The summed E-state index contributed by atoms with van der Waals surface area (Å²) in [7, 11) is 1.55. The zero-order valence-electron chi connectivity index (χ0n) is 10.6. The lowest BCUT2D eigenvalue weighted by Crippen LogP contribution is -2.77. The number of rotatable bonds is 2. The number of aliphatic hydroxyl groups excluding tert-OH is 1. The van der Waals surface area contributed by atoms with Gasteiger partial charge in [0.25, 0.3) is 5.91 Å². The van der Waals surface area contributed by atoms with Crippen molar-refractivity contribution in [3.05, 3.63) is 24.3 Å². The number of fused-ring (bicyclic) bond motifs is 1. The highest BCUT2D eigenvalue weighted by Gasteiger charge is 2.71. The first-order valence-corrected chi connectivity index (χ1v) is 6.03. The first kappa shape index (κ1) is 12.4. The van der Waals surface area contributed by atoms with E-state index in [1.807, 2.05) is 0 Å². The van der Waals surface area contributed by atoms with Crippen LogP contribution < -0.4 is 9.64 Å². The molecule has 0 aliphatic carbocycles. The number of carbonyl (C=O) groups excluding carboxylic acids is 1. The second-order valence-electron chi connectivity index (χ2n) is 4.81. The van der Waals surface area contributed by atoms with Crippen molar-refractivity contribution in [2.45, 2.75) is 31.0 Å². The number of ether oxygens (including phenoxy) is 2. The van der Waals surface area contributed by atoms with E-state index in [1.165, 1.54) is 4.90 Å². The normalized spacial score (nSPS) is 36.9. The molecular formula is C13H15NO5. The molecule has 0 radical (unpaired) electrons. The Kier molecular flexibility index (Phi) is 2.57. The average molecular weight is 265 g/mol. The van der Waals surface area contributed by atoms with Crippen LogP contribution in [0.25, 0.3) is 0 Å². The molecule has 0 aromatic heterocycles. The number of β-lactam (4-membered cyclic amide) rings is 1. The highest BCUT2D eigenvalue weighted by Crippen LogP contribution is 2.45. The molecule has 2 N–H and O–H groups in total. The third-order valence-electron chi connectivity index (χ3n) is 3.87. The van der Waals surface area contributed by atoms with Crippen molar-refractivity contribution >= 4 is 11.6 Å². The molecule has 1 amide bonds. The Morgan fingerprint density at radius 2 is 2.00 bits per heavy atom. The van der Waals surface area contributed by atoms with Gasteiger partial charge in [-0.1, -0.05) is 0 Å². The van der Waals surface area contributed by atoms with Crippen LogP contribution in [0, 0.1) is 0 Å². The van der Waals surface area contributed by atoms with E-state index in [9.17, 15) is 15.0 Å². The molecule has 2 fully saturated rings. The number of carbonyl (C=O) groups is 1. The van der Waals surface area contributed by atoms with Crippen molar-refractivity contribution < 1.29 is 24.5 Å². The van der Waals surface area contributed by atoms with Gasteiger partial charge in [-0.2, -0.15) is 0 Å². The third kappa shape index (κ3) is 1.44. The van der Waals surface area contributed by atoms with E-state index in [0.29, 0.717) is 11.4 Å². The summed E-state index contributed by atoms with van der Waals surface area (Å²) in [6.07, 6.45) is -1.89. The monoisotopic (exact) mass is 265 g/mol. The molecule has 4 atom stereocenters. The fraction of sp³-hybridized carbons (Fsp3) is 0.462. The van der Waals surface area contributed by atoms with Crippen LogP contribution in [0.3, 0.4) is 0 Å². The van der Waals surface area contributed by atoms with Crippen LogP contribution >= 0.6 is 0 Å². The summed E-state index contributed by atoms with van der Waals surface area (Å²) in [5.41, 5.74) is -1.03. The third-order valence-corrected chi connectivity index (χ3v) is 3.87. The number of aliphatic hydroxyl groups is 2. The summed E-state index contributed by atoms with van der Waals surface area (Å²) in [6.45, 7) is 1.58. The Morgan fingerprint density at radius 1 is 1.37 bits per heavy atom. The summed E-state index contributed by atoms with van der Waals surface area (Å²) in [6, 6.07) is 6.07. The van der Waals surface area contributed by atoms with Crippen LogP contribution in [-0.2, 0) is 9.53 Å². The Balaban J connectivity index is 1.92. The Bertz CT molecular complexity index is 516. The predicted molar refractivity (Wildman–Crippen MR) is 65.8 cm³/mol. The van der Waals surface area contributed by atoms with Crippen molar-refractivity contribution in [1.29, 1.82) is 0 Å². The van der Waals surface area contributed by atoms with Gasteiger partial charge in [0, 0.05) is 5.69 Å². The number of hydrogen-bond donors (Lipinski definition) is 2. The van der Waals surface area contributed by atoms with E-state index in [4.69, 9.17) is 9.47 Å². The number of benzene rings is 1. The number of nitrogens with zero attached hydrogens (tertiary/aromatic N) is 1. The van der Waals surface area contributed by atoms with Gasteiger partial charge in [-0.3, -0.25) is 9.69 Å². The average Bonchev–Trinajstić information content (AvgIpc) is 2.61. The molecular weight excluding hydrogens is 250 g/mol. The summed E-state index contributed by atoms with van der Waals surface area (Å²) >= 11 is 0. The topological polar surface area (TPSA) is 79.2 Å². The molecule has 2 aliphatic rings. The van der Waals surface area contributed by atoms with Crippen LogP contribution in [-0.4, -0.2) is 47.3 Å². The Hall–Kier alpha value is -1.63. The minimum Gasteiger partial charge on any atom is -0.497 e. The van der Waals surface area contributed by atoms with Gasteiger partial charge in [-0.05, 0) is 31.2 Å². The zero-order chi connectivity index (χ0) is 13.8. The standard InChI is InChI=1S/C13H15NO5/c1-7-13(17)10(11(15)19-7)14(12(13)16)8-3-5-9(18-2)6-4-8/h3-7,10-11,15,17H,1-2H3/t7-,10-,11+,13-/m1/s1. The molecule has 6 nitrogen and oxygen atoms in total. The quantitative estimate of drug-likeness (QED) is 0.729. The van der Waals surface area contributed by atoms with Gasteiger partial charge in [-0.15, -0.1) is 0 Å². The fourth-order valence-corrected chi connectivity index (χ4v) is 2.74. The van der Waals surface area contributed by atoms with Gasteiger partial charge in [0.2, 0.25) is 0 Å². The summed E-state index contributed by atoms with van der Waals surface area (Å²) < 4.78 is 10.2. The molecule has 2 heterocycles. The summed E-state index contributed by atoms with van der Waals surface area (Å²) in [5, 5.41) is 20.1. The Morgan fingerprint density at radius 3 is 2.58 bits per heavy atom. The number of anilines is 1. The summed E-state index contributed by atoms with van der Waals surface area (Å²) in [5.74, 6) is 0.218. The number of methoxy groups -OCH3 is 1. The van der Waals surface area contributed by atoms with Gasteiger partial charge in [0.1, 0.15) is 11.8 Å². The minimum absolute atomic E-state index is 0.452. The van der Waals surface area contributed by atoms with Gasteiger partial charge in [0.05, 0.1) is 13.2 Å². The molecule has 0 unspecified atom stereocenters. The Labute approximate surface area is 110 Å². The number of hydrogen-bond acceptors (Lipinski definition) is 5. The molecule has 3 rings (SSSR count). The zero-order valence-corrected chi connectivity index (χ0v) is 10.6. The molecule has 1 aromatic rings. The van der Waals surface area contributed by atoms with Crippen molar-refractivity contribution in [2.75, 3.05) is 12.0 Å². The van der Waals surface area contributed by atoms with E-state index >= 15 is 0 Å². The van der Waals surface area contributed by atoms with Gasteiger partial charge < -0.3 is 19.7 Å². The van der Waals surface area contributed by atoms with Crippen LogP contribution in [0.4, 0.5) is 5.69 Å². The second-order valence-corrected chi connectivity index (χ2v) is 4.81.